The third-order valence-electron chi connectivity index (χ3n) is 4.43. The molecule has 0 aliphatic carbocycles. The summed E-state index contributed by atoms with van der Waals surface area (Å²) in [6.07, 6.45) is 5.84. The van der Waals surface area contributed by atoms with E-state index in [9.17, 15) is 4.79 Å². The molecule has 1 aliphatic heterocycles. The molecular weight excluding hydrogens is 306 g/mol. The summed E-state index contributed by atoms with van der Waals surface area (Å²) < 4.78 is 12.9. The summed E-state index contributed by atoms with van der Waals surface area (Å²) >= 11 is 0. The zero-order chi connectivity index (χ0) is 16.4. The number of ether oxygens (including phenoxy) is 1. The van der Waals surface area contributed by atoms with Crippen LogP contribution in [0.15, 0.2) is 53.4 Å². The Morgan fingerprint density at radius 3 is 3.12 bits per heavy atom. The number of nitrogens with zero attached hydrogens (tertiary/aromatic N) is 3. The molecule has 6 heteroatoms. The molecule has 0 saturated carbocycles. The van der Waals surface area contributed by atoms with Gasteiger partial charge in [0.2, 0.25) is 0 Å². The smallest absolute Gasteiger partial charge is 0.199 e. The maximum Gasteiger partial charge on any atom is 0.199 e. The van der Waals surface area contributed by atoms with E-state index in [0.717, 1.165) is 24.4 Å². The summed E-state index contributed by atoms with van der Waals surface area (Å²) in [4.78, 5) is 19.1. The minimum absolute atomic E-state index is 0.0126. The van der Waals surface area contributed by atoms with Crippen molar-refractivity contribution in [3.8, 4) is 0 Å². The minimum atomic E-state index is 0.0126. The maximum absolute atomic E-state index is 12.3. The van der Waals surface area contributed by atoms with Gasteiger partial charge < -0.3 is 13.6 Å². The Bertz CT molecular complexity index is 825. The second kappa shape index (κ2) is 6.59. The topological polar surface area (TPSA) is 60.0 Å². The van der Waals surface area contributed by atoms with E-state index in [4.69, 9.17) is 9.15 Å². The zero-order valence-electron chi connectivity index (χ0n) is 13.3. The lowest BCUT2D eigenvalue weighted by Gasteiger charge is -2.34. The molecule has 1 atom stereocenters. The number of fused-ring (bicyclic) bond motifs is 1. The highest BCUT2D eigenvalue weighted by atomic mass is 16.5. The van der Waals surface area contributed by atoms with Crippen LogP contribution in [0.1, 0.15) is 22.7 Å². The zero-order valence-corrected chi connectivity index (χ0v) is 13.3. The van der Waals surface area contributed by atoms with Gasteiger partial charge >= 0.3 is 0 Å². The first-order valence-corrected chi connectivity index (χ1v) is 8.11. The van der Waals surface area contributed by atoms with Crippen LogP contribution in [0.3, 0.4) is 0 Å². The molecule has 1 fully saturated rings. The number of hydrogen-bond donors (Lipinski definition) is 0. The molecule has 124 valence electrons. The van der Waals surface area contributed by atoms with Crippen molar-refractivity contribution < 1.29 is 13.9 Å². The predicted molar refractivity (Wildman–Crippen MR) is 87.9 cm³/mol. The summed E-state index contributed by atoms with van der Waals surface area (Å²) in [5, 5.41) is 0. The van der Waals surface area contributed by atoms with Crippen molar-refractivity contribution in [2.24, 2.45) is 0 Å². The van der Waals surface area contributed by atoms with E-state index in [2.05, 4.69) is 14.3 Å². The molecule has 0 spiro atoms. The number of aromatic nitrogens is 2. The fourth-order valence-electron chi connectivity index (χ4n) is 3.15. The van der Waals surface area contributed by atoms with Gasteiger partial charge in [-0.05, 0) is 24.3 Å². The lowest BCUT2D eigenvalue weighted by molar-refractivity contribution is -0.0134. The number of furan rings is 1. The van der Waals surface area contributed by atoms with Crippen LogP contribution in [0.4, 0.5) is 0 Å². The lowest BCUT2D eigenvalue weighted by atomic mass is 10.1. The molecule has 1 aliphatic rings. The van der Waals surface area contributed by atoms with Crippen LogP contribution in [-0.4, -0.2) is 45.9 Å². The molecule has 4 heterocycles. The molecule has 3 aromatic heterocycles. The van der Waals surface area contributed by atoms with Gasteiger partial charge in [-0.1, -0.05) is 6.07 Å². The molecule has 1 saturated heterocycles. The lowest BCUT2D eigenvalue weighted by Crippen LogP contribution is -2.46. The molecule has 0 N–H and O–H groups in total. The van der Waals surface area contributed by atoms with Crippen LogP contribution in [0.5, 0.6) is 0 Å². The van der Waals surface area contributed by atoms with Gasteiger partial charge in [-0.2, -0.15) is 0 Å². The minimum Gasteiger partial charge on any atom is -0.461 e. The Morgan fingerprint density at radius 1 is 1.29 bits per heavy atom. The van der Waals surface area contributed by atoms with Crippen molar-refractivity contribution >= 4 is 11.4 Å². The number of ketones is 1. The number of carbonyl (C=O) groups is 1. The quantitative estimate of drug-likeness (QED) is 0.674. The molecule has 6 nitrogen and oxygen atoms in total. The number of morpholine rings is 1. The van der Waals surface area contributed by atoms with Crippen LogP contribution in [0.2, 0.25) is 0 Å². The molecular formula is C18H19N3O3. The van der Waals surface area contributed by atoms with Crippen LogP contribution < -0.4 is 0 Å². The number of Topliss-reactive ketones (excluding diaryl/α,β-unsaturated/α-hetero) is 1. The van der Waals surface area contributed by atoms with Gasteiger partial charge in [-0.15, -0.1) is 0 Å². The first-order chi connectivity index (χ1) is 11.8. The van der Waals surface area contributed by atoms with E-state index < -0.39 is 0 Å². The Kier molecular flexibility index (Phi) is 4.15. The predicted octanol–water partition coefficient (Wildman–Crippen LogP) is 2.40. The summed E-state index contributed by atoms with van der Waals surface area (Å²) in [6.45, 7) is 2.78. The van der Waals surface area contributed by atoms with Gasteiger partial charge in [-0.25, -0.2) is 4.98 Å². The largest absolute Gasteiger partial charge is 0.461 e. The molecule has 24 heavy (non-hydrogen) atoms. The van der Waals surface area contributed by atoms with Crippen molar-refractivity contribution in [1.29, 1.82) is 0 Å². The van der Waals surface area contributed by atoms with Gasteiger partial charge in [0, 0.05) is 31.7 Å². The Labute approximate surface area is 139 Å². The van der Waals surface area contributed by atoms with Crippen molar-refractivity contribution in [1.82, 2.24) is 14.3 Å². The number of pyridine rings is 1. The average Bonchev–Trinajstić information content (AvgIpc) is 3.27. The van der Waals surface area contributed by atoms with Crippen LogP contribution in [-0.2, 0) is 11.3 Å². The average molecular weight is 325 g/mol. The van der Waals surface area contributed by atoms with E-state index in [0.29, 0.717) is 25.4 Å². The Hall–Kier alpha value is -2.44. The molecule has 0 radical (unpaired) electrons. The third kappa shape index (κ3) is 2.98. The van der Waals surface area contributed by atoms with E-state index in [1.54, 1.807) is 12.1 Å². The Morgan fingerprint density at radius 2 is 2.25 bits per heavy atom. The first-order valence-electron chi connectivity index (χ1n) is 8.11. The number of imidazole rings is 1. The van der Waals surface area contributed by atoms with Gasteiger partial charge in [0.1, 0.15) is 5.65 Å². The van der Waals surface area contributed by atoms with E-state index >= 15 is 0 Å². The molecule has 3 aromatic rings. The second-order valence-electron chi connectivity index (χ2n) is 5.98. The normalized spacial score (nSPS) is 18.9. The van der Waals surface area contributed by atoms with Crippen LogP contribution >= 0.6 is 0 Å². The van der Waals surface area contributed by atoms with Gasteiger partial charge in [0.15, 0.2) is 11.5 Å². The SMILES string of the molecule is O=C(C[C@@H]1COCCN1Cc1cnc2ccccn12)c1ccco1. The summed E-state index contributed by atoms with van der Waals surface area (Å²) in [5.74, 6) is 0.425. The highest BCUT2D eigenvalue weighted by Crippen LogP contribution is 2.18. The standard InChI is InChI=1S/C18H19N3O3/c22-16(17-4-3-8-24-17)10-14-13-23-9-7-20(14)12-15-11-19-18-5-1-2-6-21(15)18/h1-6,8,11,14H,7,9-10,12-13H2/t14-/m1/s1. The fourth-order valence-corrected chi connectivity index (χ4v) is 3.15. The molecule has 4 rings (SSSR count). The summed E-state index contributed by atoms with van der Waals surface area (Å²) in [5.41, 5.74) is 2.05. The molecule has 0 unspecified atom stereocenters. The number of carbonyl (C=O) groups excluding carboxylic acids is 1. The fraction of sp³-hybridized carbons (Fsp3) is 0.333. The number of rotatable bonds is 5. The molecule has 0 amide bonds. The summed E-state index contributed by atoms with van der Waals surface area (Å²) in [6, 6.07) is 9.45. The number of hydrogen-bond acceptors (Lipinski definition) is 5. The highest BCUT2D eigenvalue weighted by Gasteiger charge is 2.27. The van der Waals surface area contributed by atoms with E-state index in [1.807, 2.05) is 30.6 Å². The molecule has 0 aromatic carbocycles. The van der Waals surface area contributed by atoms with E-state index in [-0.39, 0.29) is 11.8 Å². The van der Waals surface area contributed by atoms with Crippen LogP contribution in [0.25, 0.3) is 5.65 Å². The first kappa shape index (κ1) is 15.1. The monoisotopic (exact) mass is 325 g/mol. The Balaban J connectivity index is 1.50. The van der Waals surface area contributed by atoms with E-state index in [1.165, 1.54) is 6.26 Å². The maximum atomic E-state index is 12.3. The highest BCUT2D eigenvalue weighted by molar-refractivity contribution is 5.93. The van der Waals surface area contributed by atoms with Gasteiger partial charge in [0.05, 0.1) is 31.4 Å². The van der Waals surface area contributed by atoms with Gasteiger partial charge in [0.25, 0.3) is 0 Å². The summed E-state index contributed by atoms with van der Waals surface area (Å²) in [7, 11) is 0. The van der Waals surface area contributed by atoms with Gasteiger partial charge in [-0.3, -0.25) is 9.69 Å². The van der Waals surface area contributed by atoms with Crippen molar-refractivity contribution in [3.05, 3.63) is 60.4 Å². The third-order valence-corrected chi connectivity index (χ3v) is 4.43. The second-order valence-corrected chi connectivity index (χ2v) is 5.98. The van der Waals surface area contributed by atoms with Crippen molar-refractivity contribution in [2.45, 2.75) is 19.0 Å². The van der Waals surface area contributed by atoms with Crippen molar-refractivity contribution in [3.63, 3.8) is 0 Å². The van der Waals surface area contributed by atoms with Crippen molar-refractivity contribution in [2.75, 3.05) is 19.8 Å². The molecule has 0 bridgehead atoms. The van der Waals surface area contributed by atoms with Crippen LogP contribution in [0, 0.1) is 0 Å².